The summed E-state index contributed by atoms with van der Waals surface area (Å²) in [5, 5.41) is 26.3. The highest BCUT2D eigenvalue weighted by Gasteiger charge is 2.40. The molecule has 4 rings (SSSR count). The van der Waals surface area contributed by atoms with Gasteiger partial charge in [-0.3, -0.25) is 20.2 Å². The predicted octanol–water partition coefficient (Wildman–Crippen LogP) is 5.64. The molecule has 0 bridgehead atoms. The van der Waals surface area contributed by atoms with Crippen LogP contribution in [0.3, 0.4) is 0 Å². The third-order valence-electron chi connectivity index (χ3n) is 5.14. The van der Waals surface area contributed by atoms with Gasteiger partial charge in [-0.05, 0) is 24.0 Å². The van der Waals surface area contributed by atoms with Crippen LogP contribution >= 0.6 is 23.2 Å². The summed E-state index contributed by atoms with van der Waals surface area (Å²) >= 11 is 12.7. The Hall–Kier alpha value is -2.64. The summed E-state index contributed by atoms with van der Waals surface area (Å²) in [7, 11) is 0. The van der Waals surface area contributed by atoms with Crippen molar-refractivity contribution < 1.29 is 9.85 Å². The van der Waals surface area contributed by atoms with Gasteiger partial charge in [0.1, 0.15) is 0 Å². The molecule has 1 aliphatic carbocycles. The lowest BCUT2D eigenvalue weighted by Crippen LogP contribution is -2.29. The van der Waals surface area contributed by atoms with Crippen LogP contribution in [-0.4, -0.2) is 9.85 Å². The molecule has 3 atom stereocenters. The van der Waals surface area contributed by atoms with Crippen LogP contribution in [0.5, 0.6) is 0 Å². The van der Waals surface area contributed by atoms with E-state index in [4.69, 9.17) is 23.2 Å². The van der Waals surface area contributed by atoms with Crippen molar-refractivity contribution in [1.82, 2.24) is 0 Å². The summed E-state index contributed by atoms with van der Waals surface area (Å²) in [6, 6.07) is 6.89. The van der Waals surface area contributed by atoms with Crippen molar-refractivity contribution in [3.63, 3.8) is 0 Å². The van der Waals surface area contributed by atoms with Gasteiger partial charge >= 0.3 is 0 Å². The second-order valence-corrected chi connectivity index (χ2v) is 7.40. The maximum absolute atomic E-state index is 11.2. The van der Waals surface area contributed by atoms with Gasteiger partial charge in [0.25, 0.3) is 11.4 Å². The average molecular weight is 406 g/mol. The molecule has 2 aliphatic rings. The monoisotopic (exact) mass is 405 g/mol. The summed E-state index contributed by atoms with van der Waals surface area (Å²) in [5.41, 5.74) is 1.86. The normalized spacial score (nSPS) is 22.7. The summed E-state index contributed by atoms with van der Waals surface area (Å²) in [4.78, 5) is 21.4. The minimum Gasteiger partial charge on any atom is -0.376 e. The first-order valence-corrected chi connectivity index (χ1v) is 8.97. The largest absolute Gasteiger partial charge is 0.376 e. The molecule has 0 saturated heterocycles. The molecule has 2 aromatic carbocycles. The maximum Gasteiger partial charge on any atom is 0.271 e. The smallest absolute Gasteiger partial charge is 0.271 e. The van der Waals surface area contributed by atoms with Gasteiger partial charge in [0.05, 0.1) is 26.6 Å². The first kappa shape index (κ1) is 17.8. The summed E-state index contributed by atoms with van der Waals surface area (Å²) in [6.45, 7) is 0. The standard InChI is InChI=1S/C18H13Cl2N3O4/c19-15-5-4-9(22(24)25)6-14(15)17-12-3-1-2-11(12)13-7-10(23(26)27)8-16(20)18(13)21-17/h1-2,4-8,11-12,17,21H,3H2/t11-,12-,17+/m1/s1. The van der Waals surface area contributed by atoms with Crippen LogP contribution in [0, 0.1) is 26.1 Å². The number of nitrogens with zero attached hydrogens (tertiary/aromatic N) is 2. The van der Waals surface area contributed by atoms with E-state index in [-0.39, 0.29) is 34.3 Å². The Bertz CT molecular complexity index is 1010. The topological polar surface area (TPSA) is 98.3 Å². The van der Waals surface area contributed by atoms with Gasteiger partial charge in [-0.2, -0.15) is 0 Å². The third kappa shape index (κ3) is 2.93. The van der Waals surface area contributed by atoms with Crippen molar-refractivity contribution in [2.45, 2.75) is 18.4 Å². The molecule has 0 fully saturated rings. The average Bonchev–Trinajstić information content (AvgIpc) is 3.11. The second kappa shape index (κ2) is 6.51. The van der Waals surface area contributed by atoms with Crippen LogP contribution in [-0.2, 0) is 0 Å². The van der Waals surface area contributed by atoms with Gasteiger partial charge in [0.15, 0.2) is 0 Å². The van der Waals surface area contributed by atoms with E-state index in [1.807, 2.05) is 12.2 Å². The van der Waals surface area contributed by atoms with E-state index in [1.54, 1.807) is 0 Å². The maximum atomic E-state index is 11.2. The summed E-state index contributed by atoms with van der Waals surface area (Å²) in [5.74, 6) is -0.0611. The molecule has 7 nitrogen and oxygen atoms in total. The van der Waals surface area contributed by atoms with E-state index in [0.717, 1.165) is 12.0 Å². The molecular formula is C18H13Cl2N3O4. The number of rotatable bonds is 3. The number of allylic oxidation sites excluding steroid dienone is 2. The van der Waals surface area contributed by atoms with Crippen molar-refractivity contribution in [3.8, 4) is 0 Å². The number of nitro benzene ring substituents is 2. The third-order valence-corrected chi connectivity index (χ3v) is 5.78. The molecule has 27 heavy (non-hydrogen) atoms. The van der Waals surface area contributed by atoms with Crippen molar-refractivity contribution in [2.24, 2.45) is 5.92 Å². The number of hydrogen-bond acceptors (Lipinski definition) is 5. The first-order valence-electron chi connectivity index (χ1n) is 8.21. The molecule has 1 aliphatic heterocycles. The van der Waals surface area contributed by atoms with Crippen molar-refractivity contribution >= 4 is 40.3 Å². The highest BCUT2D eigenvalue weighted by Crippen LogP contribution is 2.53. The van der Waals surface area contributed by atoms with Gasteiger partial charge in [-0.25, -0.2) is 0 Å². The summed E-state index contributed by atoms with van der Waals surface area (Å²) in [6.07, 6.45) is 4.74. The highest BCUT2D eigenvalue weighted by atomic mass is 35.5. The van der Waals surface area contributed by atoms with Gasteiger partial charge in [0, 0.05) is 40.8 Å². The molecule has 1 heterocycles. The molecule has 1 N–H and O–H groups in total. The van der Waals surface area contributed by atoms with Crippen molar-refractivity contribution in [1.29, 1.82) is 0 Å². The Morgan fingerprint density at radius 3 is 2.37 bits per heavy atom. The Morgan fingerprint density at radius 1 is 0.963 bits per heavy atom. The first-order chi connectivity index (χ1) is 12.9. The fraction of sp³-hybridized carbons (Fsp3) is 0.222. The Kier molecular flexibility index (Phi) is 4.28. The lowest BCUT2D eigenvalue weighted by molar-refractivity contribution is -0.385. The quantitative estimate of drug-likeness (QED) is 0.404. The minimum atomic E-state index is -0.469. The second-order valence-electron chi connectivity index (χ2n) is 6.59. The summed E-state index contributed by atoms with van der Waals surface area (Å²) < 4.78 is 0. The van der Waals surface area contributed by atoms with Crippen LogP contribution in [0.15, 0.2) is 42.5 Å². The number of halogens is 2. The lowest BCUT2D eigenvalue weighted by atomic mass is 9.77. The molecular weight excluding hydrogens is 393 g/mol. The van der Waals surface area contributed by atoms with Gasteiger partial charge in [0.2, 0.25) is 0 Å². The van der Waals surface area contributed by atoms with Gasteiger partial charge in [-0.15, -0.1) is 0 Å². The fourth-order valence-electron chi connectivity index (χ4n) is 3.94. The number of nitro groups is 2. The molecule has 9 heteroatoms. The zero-order chi connectivity index (χ0) is 19.3. The number of fused-ring (bicyclic) bond motifs is 3. The Labute approximate surface area is 163 Å². The highest BCUT2D eigenvalue weighted by molar-refractivity contribution is 6.34. The van der Waals surface area contributed by atoms with E-state index in [9.17, 15) is 20.2 Å². The minimum absolute atomic E-state index is 0.0232. The SMILES string of the molecule is O=[N+]([O-])c1ccc(Cl)c([C@H]2Nc3c(Cl)cc([N+](=O)[O-])cc3[C@@H]3C=CC[C@@H]23)c1. The Balaban J connectivity index is 1.85. The van der Waals surface area contributed by atoms with Gasteiger partial charge < -0.3 is 5.32 Å². The van der Waals surface area contributed by atoms with E-state index >= 15 is 0 Å². The number of nitrogens with one attached hydrogen (secondary N) is 1. The van der Waals surface area contributed by atoms with Crippen LogP contribution in [0.2, 0.25) is 10.0 Å². The molecule has 0 aromatic heterocycles. The Morgan fingerprint density at radius 2 is 1.67 bits per heavy atom. The van der Waals surface area contributed by atoms with Crippen LogP contribution in [0.25, 0.3) is 0 Å². The van der Waals surface area contributed by atoms with E-state index < -0.39 is 9.85 Å². The van der Waals surface area contributed by atoms with E-state index in [2.05, 4.69) is 5.32 Å². The number of benzene rings is 2. The van der Waals surface area contributed by atoms with Crippen molar-refractivity contribution in [3.05, 3.63) is 83.9 Å². The number of non-ortho nitro benzene ring substituents is 2. The molecule has 138 valence electrons. The lowest BCUT2D eigenvalue weighted by Gasteiger charge is -2.38. The zero-order valence-electron chi connectivity index (χ0n) is 13.8. The van der Waals surface area contributed by atoms with Crippen LogP contribution in [0.4, 0.5) is 17.1 Å². The zero-order valence-corrected chi connectivity index (χ0v) is 15.3. The molecule has 0 amide bonds. The molecule has 0 spiro atoms. The van der Waals surface area contributed by atoms with Gasteiger partial charge in [-0.1, -0.05) is 35.4 Å². The molecule has 0 radical (unpaired) electrons. The molecule has 2 aromatic rings. The predicted molar refractivity (Wildman–Crippen MR) is 103 cm³/mol. The van der Waals surface area contributed by atoms with E-state index in [1.165, 1.54) is 30.3 Å². The number of anilines is 1. The van der Waals surface area contributed by atoms with Crippen molar-refractivity contribution in [2.75, 3.05) is 5.32 Å². The molecule has 0 saturated carbocycles. The van der Waals surface area contributed by atoms with Crippen LogP contribution < -0.4 is 5.32 Å². The van der Waals surface area contributed by atoms with E-state index in [0.29, 0.717) is 16.3 Å². The number of hydrogen-bond donors (Lipinski definition) is 1. The van der Waals surface area contributed by atoms with Crippen LogP contribution in [0.1, 0.15) is 29.5 Å². The fourth-order valence-corrected chi connectivity index (χ4v) is 4.45. The molecule has 0 unspecified atom stereocenters.